The average Bonchev–Trinajstić information content (AvgIpc) is 1.65. The fourth-order valence-electron chi connectivity index (χ4n) is 0.908. The van der Waals surface area contributed by atoms with Crippen LogP contribution in [-0.2, 0) is 4.74 Å². The van der Waals surface area contributed by atoms with Crippen LogP contribution in [0.15, 0.2) is 0 Å². The Morgan fingerprint density at radius 2 is 2.00 bits per heavy atom. The minimum Gasteiger partial charge on any atom is -1.00 e. The molecule has 0 bridgehead atoms. The van der Waals surface area contributed by atoms with E-state index in [0.717, 1.165) is 12.8 Å². The third-order valence-corrected chi connectivity index (χ3v) is 1.43. The van der Waals surface area contributed by atoms with Gasteiger partial charge in [0, 0.05) is 6.61 Å². The molecule has 0 N–H and O–H groups in total. The van der Waals surface area contributed by atoms with Gasteiger partial charge in [0.2, 0.25) is 0 Å². The quantitative estimate of drug-likeness (QED) is 0.404. The maximum atomic E-state index is 10.9. The zero-order valence-electron chi connectivity index (χ0n) is 6.23. The van der Waals surface area contributed by atoms with E-state index >= 15 is 0 Å². The van der Waals surface area contributed by atoms with E-state index in [1.165, 1.54) is 0 Å². The fraction of sp³-hybridized carbons (Fsp3) is 1.00. The second kappa shape index (κ2) is 5.77. The Labute approximate surface area is 88.2 Å². The summed E-state index contributed by atoms with van der Waals surface area (Å²) in [6.45, 7) is 2.26. The molecule has 1 rings (SSSR count). The molecule has 0 radical (unpaired) electrons. The van der Waals surface area contributed by atoms with Crippen LogP contribution in [0.2, 0.25) is 0 Å². The monoisotopic (exact) mass is 218 g/mol. The maximum absolute atomic E-state index is 10.9. The van der Waals surface area contributed by atoms with Crippen LogP contribution in [-0.4, -0.2) is 35.4 Å². The minimum absolute atomic E-state index is 0. The van der Waals surface area contributed by atoms with Gasteiger partial charge in [-0.25, -0.2) is 0 Å². The fourth-order valence-corrected chi connectivity index (χ4v) is 0.908. The summed E-state index contributed by atoms with van der Waals surface area (Å²) >= 11 is 0. The number of ether oxygens (including phenoxy) is 1. The summed E-state index contributed by atoms with van der Waals surface area (Å²) < 4.78 is 4.91. The van der Waals surface area contributed by atoms with E-state index in [9.17, 15) is 5.11 Å². The van der Waals surface area contributed by atoms with E-state index in [4.69, 9.17) is 4.74 Å². The van der Waals surface area contributed by atoms with Gasteiger partial charge in [0.1, 0.15) is 0 Å². The molecule has 0 aliphatic carbocycles. The van der Waals surface area contributed by atoms with Crippen LogP contribution in [0.5, 0.6) is 0 Å². The maximum Gasteiger partial charge on any atom is 2.00 e. The second-order valence-electron chi connectivity index (χ2n) is 2.44. The zero-order valence-corrected chi connectivity index (χ0v) is 9.23. The summed E-state index contributed by atoms with van der Waals surface area (Å²) in [5, 5.41) is 10.9. The van der Waals surface area contributed by atoms with Gasteiger partial charge in [0.05, 0.1) is 0 Å². The van der Waals surface area contributed by atoms with E-state index in [2.05, 4.69) is 0 Å². The molecule has 56 valence electrons. The Morgan fingerprint density at radius 1 is 1.40 bits per heavy atom. The van der Waals surface area contributed by atoms with Crippen molar-refractivity contribution in [3.05, 3.63) is 0 Å². The Bertz CT molecular complexity index is 79.8. The van der Waals surface area contributed by atoms with Gasteiger partial charge in [-0.15, -0.1) is 0 Å². The van der Waals surface area contributed by atoms with Crippen molar-refractivity contribution in [2.75, 3.05) is 6.61 Å². The van der Waals surface area contributed by atoms with Crippen LogP contribution in [0, 0.1) is 0 Å². The Balaban J connectivity index is 0. The summed E-state index contributed by atoms with van der Waals surface area (Å²) in [6, 6.07) is 0. The van der Waals surface area contributed by atoms with E-state index in [1.807, 2.05) is 0 Å². The van der Waals surface area contributed by atoms with Crippen molar-refractivity contribution in [1.82, 2.24) is 0 Å². The normalized spacial score (nSPS) is 31.8. The molecule has 0 aromatic carbocycles. The van der Waals surface area contributed by atoms with Crippen molar-refractivity contribution in [3.63, 3.8) is 0 Å². The first-order valence-electron chi connectivity index (χ1n) is 3.05. The molecular weight excluding hydrogens is 208 g/mol. The van der Waals surface area contributed by atoms with Crippen LogP contribution >= 0.6 is 0 Å². The van der Waals surface area contributed by atoms with Gasteiger partial charge in [-0.1, -0.05) is 6.92 Å². The number of rotatable bonds is 0. The summed E-state index contributed by atoms with van der Waals surface area (Å²) in [4.78, 5) is 0. The molecule has 1 saturated heterocycles. The smallest absolute Gasteiger partial charge is 1.00 e. The summed E-state index contributed by atoms with van der Waals surface area (Å²) in [5.41, 5.74) is 0. The molecule has 2 nitrogen and oxygen atoms in total. The van der Waals surface area contributed by atoms with Crippen molar-refractivity contribution < 1.29 is 26.8 Å². The molecule has 1 aliphatic rings. The number of hydrogen-bond donors (Lipinski definition) is 0. The predicted molar refractivity (Wildman–Crippen MR) is 34.0 cm³/mol. The van der Waals surface area contributed by atoms with Gasteiger partial charge in [-0.2, -0.15) is 0 Å². The van der Waals surface area contributed by atoms with Gasteiger partial charge < -0.3 is 26.8 Å². The largest absolute Gasteiger partial charge is 2.00 e. The van der Waals surface area contributed by atoms with E-state index in [1.54, 1.807) is 6.92 Å². The topological polar surface area (TPSA) is 32.3 Å². The molecule has 1 heterocycles. The standard InChI is InChI=1S/C6H11O2.BrH.Mg/c1-6(7)4-2-3-5-8-6;;/h2-5H2,1H3;1H;/q-1;;+2/p-1. The summed E-state index contributed by atoms with van der Waals surface area (Å²) in [6.07, 6.45) is 2.75. The predicted octanol–water partition coefficient (Wildman–Crippen LogP) is -3.11. The molecule has 1 fully saturated rings. The van der Waals surface area contributed by atoms with Gasteiger partial charge in [-0.05, 0) is 25.0 Å². The number of hydrogen-bond acceptors (Lipinski definition) is 2. The van der Waals surface area contributed by atoms with Crippen LogP contribution in [0.3, 0.4) is 0 Å². The summed E-state index contributed by atoms with van der Waals surface area (Å²) in [5.74, 6) is -1.07. The molecule has 10 heavy (non-hydrogen) atoms. The molecular formula is C6H11BrMgO2. The summed E-state index contributed by atoms with van der Waals surface area (Å²) in [7, 11) is 0. The molecule has 0 saturated carbocycles. The Morgan fingerprint density at radius 3 is 2.20 bits per heavy atom. The van der Waals surface area contributed by atoms with E-state index < -0.39 is 5.79 Å². The molecule has 1 atom stereocenters. The second-order valence-corrected chi connectivity index (χ2v) is 2.44. The van der Waals surface area contributed by atoms with Crippen LogP contribution < -0.4 is 22.1 Å². The van der Waals surface area contributed by atoms with Crippen molar-refractivity contribution >= 4 is 23.1 Å². The average molecular weight is 219 g/mol. The zero-order chi connectivity index (χ0) is 6.04. The van der Waals surface area contributed by atoms with Crippen LogP contribution in [0.1, 0.15) is 26.2 Å². The Kier molecular flexibility index (Phi) is 7.93. The third kappa shape index (κ3) is 4.90. The van der Waals surface area contributed by atoms with E-state index in [0.29, 0.717) is 13.0 Å². The minimum atomic E-state index is -1.07. The molecule has 0 spiro atoms. The van der Waals surface area contributed by atoms with Gasteiger partial charge in [0.25, 0.3) is 0 Å². The first-order chi connectivity index (χ1) is 3.71. The van der Waals surface area contributed by atoms with Crippen molar-refractivity contribution in [2.45, 2.75) is 32.0 Å². The van der Waals surface area contributed by atoms with Gasteiger partial charge >= 0.3 is 23.1 Å². The van der Waals surface area contributed by atoms with Crippen molar-refractivity contribution in [3.8, 4) is 0 Å². The molecule has 0 aromatic heterocycles. The first kappa shape index (κ1) is 13.7. The van der Waals surface area contributed by atoms with Crippen molar-refractivity contribution in [1.29, 1.82) is 0 Å². The molecule has 0 aromatic rings. The molecule has 0 amide bonds. The SMILES string of the molecule is CC1([O-])CCCCO1.[Br-].[Mg+2]. The van der Waals surface area contributed by atoms with Crippen LogP contribution in [0.4, 0.5) is 0 Å². The molecule has 1 unspecified atom stereocenters. The third-order valence-electron chi connectivity index (χ3n) is 1.43. The van der Waals surface area contributed by atoms with Gasteiger partial charge in [-0.3, -0.25) is 0 Å². The van der Waals surface area contributed by atoms with Crippen LogP contribution in [0.25, 0.3) is 0 Å². The van der Waals surface area contributed by atoms with E-state index in [-0.39, 0.29) is 40.0 Å². The molecule has 1 aliphatic heterocycles. The first-order valence-corrected chi connectivity index (χ1v) is 3.05. The molecule has 4 heteroatoms. The van der Waals surface area contributed by atoms with Crippen molar-refractivity contribution in [2.24, 2.45) is 0 Å². The number of halogens is 1. The van der Waals surface area contributed by atoms with Gasteiger partial charge in [0.15, 0.2) is 0 Å². The Hall–Kier alpha value is 1.17.